The van der Waals surface area contributed by atoms with Gasteiger partial charge >= 0.3 is 5.97 Å². The van der Waals surface area contributed by atoms with E-state index >= 15 is 0 Å². The highest BCUT2D eigenvalue weighted by Gasteiger charge is 2.11. The van der Waals surface area contributed by atoms with E-state index in [-0.39, 0.29) is 17.9 Å². The minimum Gasteiger partial charge on any atom is -0.476 e. The largest absolute Gasteiger partial charge is 0.476 e. The Kier molecular flexibility index (Phi) is 2.99. The molecule has 2 aromatic heterocycles. The highest BCUT2D eigenvalue weighted by Crippen LogP contribution is 2.15. The first kappa shape index (κ1) is 11.0. The molecule has 0 aliphatic rings. The van der Waals surface area contributed by atoms with Crippen LogP contribution in [0.5, 0.6) is 0 Å². The first-order valence-corrected chi connectivity index (χ1v) is 4.80. The topological polar surface area (TPSA) is 83.3 Å². The first-order chi connectivity index (χ1) is 8.22. The van der Waals surface area contributed by atoms with Gasteiger partial charge in [0.2, 0.25) is 0 Å². The molecule has 0 aromatic carbocycles. The van der Waals surface area contributed by atoms with Crippen molar-refractivity contribution in [2.24, 2.45) is 0 Å². The summed E-state index contributed by atoms with van der Waals surface area (Å²) >= 11 is 0. The first-order valence-electron chi connectivity index (χ1n) is 4.80. The number of fused-ring (bicyclic) bond motifs is 1. The van der Waals surface area contributed by atoms with Crippen molar-refractivity contribution in [3.05, 3.63) is 35.8 Å². The van der Waals surface area contributed by atoms with Gasteiger partial charge in [0.1, 0.15) is 6.61 Å². The molecule has 0 spiro atoms. The molecule has 2 rings (SSSR count). The fraction of sp³-hybridized carbons (Fsp3) is 0.0833. The van der Waals surface area contributed by atoms with E-state index in [4.69, 9.17) is 10.2 Å². The Labute approximate surface area is 96.8 Å². The number of hydrogen-bond donors (Lipinski definition) is 2. The summed E-state index contributed by atoms with van der Waals surface area (Å²) in [7, 11) is 0. The van der Waals surface area contributed by atoms with E-state index in [1.807, 2.05) is 0 Å². The number of carbonyl (C=O) groups is 1. The molecule has 0 amide bonds. The van der Waals surface area contributed by atoms with Crippen molar-refractivity contribution in [1.82, 2.24) is 9.97 Å². The van der Waals surface area contributed by atoms with Crippen LogP contribution in [-0.4, -0.2) is 32.8 Å². The summed E-state index contributed by atoms with van der Waals surface area (Å²) < 4.78 is 0. The number of pyridine rings is 2. The van der Waals surface area contributed by atoms with E-state index in [1.165, 1.54) is 0 Å². The lowest BCUT2D eigenvalue weighted by atomic mass is 10.1. The monoisotopic (exact) mass is 228 g/mol. The van der Waals surface area contributed by atoms with E-state index < -0.39 is 5.97 Å². The van der Waals surface area contributed by atoms with Gasteiger partial charge in [-0.1, -0.05) is 11.8 Å². The highest BCUT2D eigenvalue weighted by molar-refractivity contribution is 5.92. The summed E-state index contributed by atoms with van der Waals surface area (Å²) in [5, 5.41) is 18.3. The van der Waals surface area contributed by atoms with Crippen LogP contribution in [0.2, 0.25) is 0 Å². The van der Waals surface area contributed by atoms with E-state index in [2.05, 4.69) is 21.8 Å². The molecular formula is C12H8N2O3. The summed E-state index contributed by atoms with van der Waals surface area (Å²) in [5.74, 6) is 3.82. The second kappa shape index (κ2) is 4.60. The fourth-order valence-corrected chi connectivity index (χ4v) is 1.41. The lowest BCUT2D eigenvalue weighted by Crippen LogP contribution is -2.04. The molecule has 0 unspecified atom stereocenters. The maximum absolute atomic E-state index is 11.0. The molecule has 0 atom stereocenters. The van der Waals surface area contributed by atoms with E-state index in [1.54, 1.807) is 24.5 Å². The van der Waals surface area contributed by atoms with Crippen LogP contribution < -0.4 is 0 Å². The average Bonchev–Trinajstić information content (AvgIpc) is 2.35. The molecule has 0 saturated heterocycles. The summed E-state index contributed by atoms with van der Waals surface area (Å²) in [6.07, 6.45) is 3.12. The molecule has 2 N–H and O–H groups in total. The van der Waals surface area contributed by atoms with Crippen LogP contribution in [0.3, 0.4) is 0 Å². The van der Waals surface area contributed by atoms with Gasteiger partial charge in [-0.05, 0) is 12.1 Å². The number of aromatic carboxylic acids is 1. The number of carboxylic acid groups (broad SMARTS) is 1. The maximum atomic E-state index is 11.0. The number of nitrogens with zero attached hydrogens (tertiary/aromatic N) is 2. The van der Waals surface area contributed by atoms with E-state index in [0.717, 1.165) is 0 Å². The summed E-state index contributed by atoms with van der Waals surface area (Å²) in [5.41, 5.74) is 0.698. The lowest BCUT2D eigenvalue weighted by molar-refractivity contribution is 0.0690. The number of carboxylic acids is 1. The number of hydrogen-bond acceptors (Lipinski definition) is 4. The second-order valence-electron chi connectivity index (χ2n) is 3.22. The fourth-order valence-electron chi connectivity index (χ4n) is 1.41. The number of aliphatic hydroxyl groups is 1. The van der Waals surface area contributed by atoms with Crippen molar-refractivity contribution in [2.45, 2.75) is 0 Å². The molecule has 5 nitrogen and oxygen atoms in total. The predicted molar refractivity (Wildman–Crippen MR) is 60.5 cm³/mol. The lowest BCUT2D eigenvalue weighted by Gasteiger charge is -2.01. The minimum absolute atomic E-state index is 0.121. The third-order valence-electron chi connectivity index (χ3n) is 2.12. The van der Waals surface area contributed by atoms with Crippen LogP contribution >= 0.6 is 0 Å². The minimum atomic E-state index is -1.15. The Morgan fingerprint density at radius 2 is 2.29 bits per heavy atom. The van der Waals surface area contributed by atoms with E-state index in [9.17, 15) is 4.79 Å². The number of rotatable bonds is 1. The van der Waals surface area contributed by atoms with Gasteiger partial charge in [-0.15, -0.1) is 0 Å². The molecule has 0 bridgehead atoms. The zero-order valence-corrected chi connectivity index (χ0v) is 8.71. The van der Waals surface area contributed by atoms with Gasteiger partial charge in [0.05, 0.1) is 11.1 Å². The molecule has 0 radical (unpaired) electrons. The summed E-state index contributed by atoms with van der Waals surface area (Å²) in [6, 6.07) is 3.23. The Morgan fingerprint density at radius 3 is 3.00 bits per heavy atom. The Hall–Kier alpha value is -2.45. The SMILES string of the molecule is O=C(O)c1nc2ccncc2cc1C#CCO. The molecule has 0 saturated carbocycles. The molecule has 0 aliphatic carbocycles. The van der Waals surface area contributed by atoms with Gasteiger partial charge in [0.15, 0.2) is 5.69 Å². The average molecular weight is 228 g/mol. The molecule has 5 heteroatoms. The van der Waals surface area contributed by atoms with Crippen molar-refractivity contribution in [3.8, 4) is 11.8 Å². The molecule has 2 aromatic rings. The van der Waals surface area contributed by atoms with Crippen LogP contribution in [0.25, 0.3) is 10.9 Å². The number of aromatic nitrogens is 2. The second-order valence-corrected chi connectivity index (χ2v) is 3.22. The third kappa shape index (κ3) is 2.22. The molecule has 17 heavy (non-hydrogen) atoms. The molecule has 0 aliphatic heterocycles. The Balaban J connectivity index is 2.70. The molecule has 84 valence electrons. The van der Waals surface area contributed by atoms with Crippen molar-refractivity contribution in [1.29, 1.82) is 0 Å². The van der Waals surface area contributed by atoms with Gasteiger partial charge in [-0.2, -0.15) is 0 Å². The zero-order valence-electron chi connectivity index (χ0n) is 8.71. The maximum Gasteiger partial charge on any atom is 0.355 e. The predicted octanol–water partition coefficient (Wildman–Crippen LogP) is 0.672. The van der Waals surface area contributed by atoms with Crippen molar-refractivity contribution < 1.29 is 15.0 Å². The van der Waals surface area contributed by atoms with Crippen LogP contribution in [0.15, 0.2) is 24.5 Å². The van der Waals surface area contributed by atoms with Gasteiger partial charge in [-0.25, -0.2) is 9.78 Å². The smallest absolute Gasteiger partial charge is 0.355 e. The van der Waals surface area contributed by atoms with Gasteiger partial charge in [0, 0.05) is 17.8 Å². The van der Waals surface area contributed by atoms with Crippen LogP contribution in [0.4, 0.5) is 0 Å². The molecular weight excluding hydrogens is 220 g/mol. The summed E-state index contributed by atoms with van der Waals surface area (Å²) in [4.78, 5) is 18.9. The van der Waals surface area contributed by atoms with Crippen molar-refractivity contribution >= 4 is 16.9 Å². The normalized spacial score (nSPS) is 9.71. The van der Waals surface area contributed by atoms with Crippen molar-refractivity contribution in [2.75, 3.05) is 6.61 Å². The van der Waals surface area contributed by atoms with Gasteiger partial charge in [-0.3, -0.25) is 4.98 Å². The summed E-state index contributed by atoms with van der Waals surface area (Å²) in [6.45, 7) is -0.329. The molecule has 0 fully saturated rings. The Morgan fingerprint density at radius 1 is 1.47 bits per heavy atom. The zero-order chi connectivity index (χ0) is 12.3. The third-order valence-corrected chi connectivity index (χ3v) is 2.12. The van der Waals surface area contributed by atoms with Gasteiger partial charge < -0.3 is 10.2 Å². The van der Waals surface area contributed by atoms with Crippen LogP contribution in [0.1, 0.15) is 16.1 Å². The molecule has 2 heterocycles. The highest BCUT2D eigenvalue weighted by atomic mass is 16.4. The van der Waals surface area contributed by atoms with Crippen molar-refractivity contribution in [3.63, 3.8) is 0 Å². The standard InChI is InChI=1S/C12H8N2O3/c15-5-1-2-8-6-9-7-13-4-3-10(9)14-11(8)12(16)17/h3-4,6-7,15H,5H2,(H,16,17). The Bertz CT molecular complexity index is 641. The number of aliphatic hydroxyl groups excluding tert-OH is 1. The van der Waals surface area contributed by atoms with Crippen LogP contribution in [-0.2, 0) is 0 Å². The van der Waals surface area contributed by atoms with E-state index in [0.29, 0.717) is 10.9 Å². The van der Waals surface area contributed by atoms with Gasteiger partial charge in [0.25, 0.3) is 0 Å². The quantitative estimate of drug-likeness (QED) is 0.701. The van der Waals surface area contributed by atoms with Crippen LogP contribution in [0, 0.1) is 11.8 Å².